The highest BCUT2D eigenvalue weighted by molar-refractivity contribution is 6.00. The van der Waals surface area contributed by atoms with Crippen LogP contribution in [0.3, 0.4) is 0 Å². The van der Waals surface area contributed by atoms with Gasteiger partial charge in [-0.15, -0.1) is 0 Å². The van der Waals surface area contributed by atoms with Crippen molar-refractivity contribution >= 4 is 22.5 Å². The highest BCUT2D eigenvalue weighted by Crippen LogP contribution is 2.43. The number of aliphatic hydroxyl groups is 1. The molecule has 2 N–H and O–H groups in total. The molecule has 2 atom stereocenters. The zero-order chi connectivity index (χ0) is 20.0. The lowest BCUT2D eigenvalue weighted by Crippen LogP contribution is -2.40. The van der Waals surface area contributed by atoms with E-state index in [0.717, 1.165) is 41.5 Å². The Morgan fingerprint density at radius 3 is 2.79 bits per heavy atom. The number of carbonyl (C=O) groups is 1. The summed E-state index contributed by atoms with van der Waals surface area (Å²) in [5.74, 6) is 0. The maximum absolute atomic E-state index is 12.8. The zero-order valence-corrected chi connectivity index (χ0v) is 17.2. The summed E-state index contributed by atoms with van der Waals surface area (Å²) in [5, 5.41) is 11.8. The molecule has 4 rings (SSSR count). The fourth-order valence-electron chi connectivity index (χ4n) is 4.82. The summed E-state index contributed by atoms with van der Waals surface area (Å²) in [6, 6.07) is 6.42. The van der Waals surface area contributed by atoms with Gasteiger partial charge in [-0.05, 0) is 63.4 Å². The molecule has 2 aliphatic rings. The van der Waals surface area contributed by atoms with Crippen LogP contribution in [-0.2, 0) is 6.42 Å². The zero-order valence-electron chi connectivity index (χ0n) is 17.2. The Morgan fingerprint density at radius 2 is 2.11 bits per heavy atom. The fourth-order valence-corrected chi connectivity index (χ4v) is 4.82. The first-order chi connectivity index (χ1) is 13.5. The second-order valence-corrected chi connectivity index (χ2v) is 7.81. The third-order valence-corrected chi connectivity index (χ3v) is 6.23. The van der Waals surface area contributed by atoms with Crippen molar-refractivity contribution in [1.29, 1.82) is 0 Å². The molecule has 0 radical (unpaired) electrons. The number of hydrogen-bond acceptors (Lipinski definition) is 3. The van der Waals surface area contributed by atoms with Crippen LogP contribution >= 0.6 is 0 Å². The van der Waals surface area contributed by atoms with Crippen molar-refractivity contribution in [2.45, 2.75) is 45.8 Å². The second kappa shape index (κ2) is 7.26. The molecular formula is C22H30N4O2. The number of nitrogens with one attached hydrogen (secondary N) is 1. The number of hydrogen-bond donors (Lipinski definition) is 2. The van der Waals surface area contributed by atoms with E-state index in [4.69, 9.17) is 0 Å². The van der Waals surface area contributed by atoms with Crippen LogP contribution in [0.4, 0.5) is 4.79 Å². The average Bonchev–Trinajstić information content (AvgIpc) is 2.98. The van der Waals surface area contributed by atoms with Gasteiger partial charge in [0.2, 0.25) is 0 Å². The summed E-state index contributed by atoms with van der Waals surface area (Å²) in [4.78, 5) is 16.9. The van der Waals surface area contributed by atoms with E-state index in [-0.39, 0.29) is 6.03 Å². The topological polar surface area (TPSA) is 60.7 Å². The van der Waals surface area contributed by atoms with Gasteiger partial charge >= 0.3 is 6.03 Å². The van der Waals surface area contributed by atoms with E-state index in [1.807, 2.05) is 30.7 Å². The first-order valence-corrected chi connectivity index (χ1v) is 10.3. The van der Waals surface area contributed by atoms with Crippen molar-refractivity contribution in [2.75, 3.05) is 32.1 Å². The largest absolute Gasteiger partial charge is 0.387 e. The van der Waals surface area contributed by atoms with Gasteiger partial charge in [0.1, 0.15) is 0 Å². The molecule has 1 aromatic carbocycles. The van der Waals surface area contributed by atoms with E-state index in [9.17, 15) is 9.90 Å². The van der Waals surface area contributed by atoms with E-state index in [1.165, 1.54) is 11.1 Å². The Bertz CT molecular complexity index is 940. The number of amides is 2. The van der Waals surface area contributed by atoms with Gasteiger partial charge in [-0.25, -0.2) is 10.2 Å². The fraction of sp³-hybridized carbons (Fsp3) is 0.500. The predicted molar refractivity (Wildman–Crippen MR) is 113 cm³/mol. The molecule has 28 heavy (non-hydrogen) atoms. The summed E-state index contributed by atoms with van der Waals surface area (Å²) in [7, 11) is 2.17. The van der Waals surface area contributed by atoms with Crippen molar-refractivity contribution in [3.8, 4) is 0 Å². The van der Waals surface area contributed by atoms with E-state index < -0.39 is 6.10 Å². The van der Waals surface area contributed by atoms with Gasteiger partial charge in [0, 0.05) is 31.1 Å². The summed E-state index contributed by atoms with van der Waals surface area (Å²) < 4.78 is 1.82. The van der Waals surface area contributed by atoms with Crippen LogP contribution in [0.25, 0.3) is 16.5 Å². The molecule has 1 aromatic heterocycles. The molecular weight excluding hydrogens is 352 g/mol. The van der Waals surface area contributed by atoms with Gasteiger partial charge < -0.3 is 10.0 Å². The highest BCUT2D eigenvalue weighted by atomic mass is 16.3. The normalized spacial score (nSPS) is 19.9. The Labute approximate surface area is 166 Å². The number of aromatic nitrogens is 1. The van der Waals surface area contributed by atoms with Crippen molar-refractivity contribution in [2.24, 2.45) is 0 Å². The molecule has 0 spiro atoms. The molecule has 0 fully saturated rings. The number of aliphatic hydroxyl groups excluding tert-OH is 1. The quantitative estimate of drug-likeness (QED) is 0.853. The lowest BCUT2D eigenvalue weighted by Gasteiger charge is -2.37. The molecule has 1 unspecified atom stereocenters. The number of benzene rings is 1. The standard InChI is InChI=1S/C22H30N4O2/c1-5-25(6-2)22(28)23-26-18-11-7-9-16-15-10-8-12-24(4)19(15)13-17(20(16)18)21(26)14(3)27/h7,9-11,14,19,27H,5-6,8,12-13H2,1-4H3,(H,23,28)/t14?,19-/m1/s1. The number of likely N-dealkylation sites (N-methyl/N-ethyl adjacent to an activating group) is 1. The maximum atomic E-state index is 12.8. The van der Waals surface area contributed by atoms with Crippen LogP contribution in [0.1, 0.15) is 50.1 Å². The van der Waals surface area contributed by atoms with Gasteiger partial charge in [0.05, 0.1) is 17.3 Å². The molecule has 0 bridgehead atoms. The molecule has 6 heteroatoms. The monoisotopic (exact) mass is 382 g/mol. The van der Waals surface area contributed by atoms with Crippen molar-refractivity contribution in [3.05, 3.63) is 41.1 Å². The van der Waals surface area contributed by atoms with E-state index in [1.54, 1.807) is 11.8 Å². The van der Waals surface area contributed by atoms with Crippen LogP contribution < -0.4 is 5.43 Å². The first kappa shape index (κ1) is 19.0. The Morgan fingerprint density at radius 1 is 1.36 bits per heavy atom. The number of fused-ring (bicyclic) bond motifs is 2. The summed E-state index contributed by atoms with van der Waals surface area (Å²) in [5.41, 5.74) is 8.55. The van der Waals surface area contributed by atoms with Crippen molar-refractivity contribution in [1.82, 2.24) is 14.5 Å². The Balaban J connectivity index is 1.91. The minimum atomic E-state index is -0.674. The highest BCUT2D eigenvalue weighted by Gasteiger charge is 2.35. The Hall–Kier alpha value is -2.31. The van der Waals surface area contributed by atoms with Crippen LogP contribution in [0.5, 0.6) is 0 Å². The van der Waals surface area contributed by atoms with E-state index >= 15 is 0 Å². The summed E-state index contributed by atoms with van der Waals surface area (Å²) in [6.07, 6.45) is 3.59. The first-order valence-electron chi connectivity index (χ1n) is 10.3. The third kappa shape index (κ3) is 2.83. The second-order valence-electron chi connectivity index (χ2n) is 7.81. The summed E-state index contributed by atoms with van der Waals surface area (Å²) >= 11 is 0. The van der Waals surface area contributed by atoms with Crippen LogP contribution in [0.2, 0.25) is 0 Å². The van der Waals surface area contributed by atoms with Gasteiger partial charge in [-0.2, -0.15) is 0 Å². The van der Waals surface area contributed by atoms with Gasteiger partial charge in [-0.3, -0.25) is 9.58 Å². The van der Waals surface area contributed by atoms with E-state index in [0.29, 0.717) is 19.1 Å². The van der Waals surface area contributed by atoms with Gasteiger partial charge in [-0.1, -0.05) is 18.2 Å². The van der Waals surface area contributed by atoms with Gasteiger partial charge in [0.15, 0.2) is 0 Å². The van der Waals surface area contributed by atoms with E-state index in [2.05, 4.69) is 29.5 Å². The molecule has 2 aromatic rings. The lowest BCUT2D eigenvalue weighted by atomic mass is 9.81. The van der Waals surface area contributed by atoms with Crippen molar-refractivity contribution < 1.29 is 9.90 Å². The lowest BCUT2D eigenvalue weighted by molar-refractivity contribution is 0.187. The molecule has 6 nitrogen and oxygen atoms in total. The summed E-state index contributed by atoms with van der Waals surface area (Å²) in [6.45, 7) is 8.05. The average molecular weight is 383 g/mol. The minimum absolute atomic E-state index is 0.145. The molecule has 1 aliphatic heterocycles. The molecule has 1 aliphatic carbocycles. The number of carbonyl (C=O) groups excluding carboxylic acids is 1. The molecule has 2 amide bonds. The maximum Gasteiger partial charge on any atom is 0.336 e. The van der Waals surface area contributed by atoms with Crippen LogP contribution in [0.15, 0.2) is 24.3 Å². The molecule has 0 saturated carbocycles. The number of urea groups is 1. The van der Waals surface area contributed by atoms with Gasteiger partial charge in [0.25, 0.3) is 0 Å². The number of rotatable bonds is 4. The van der Waals surface area contributed by atoms with Crippen LogP contribution in [0, 0.1) is 0 Å². The Kier molecular flexibility index (Phi) is 4.93. The van der Waals surface area contributed by atoms with Crippen molar-refractivity contribution in [3.63, 3.8) is 0 Å². The molecule has 2 heterocycles. The van der Waals surface area contributed by atoms with Crippen LogP contribution in [-0.4, -0.2) is 58.3 Å². The smallest absolute Gasteiger partial charge is 0.336 e. The SMILES string of the molecule is CCN(CC)C(=O)Nn1c(C(C)O)c2c3c(cccc31)C1=CCCN(C)[C@@H]1C2. The third-order valence-electron chi connectivity index (χ3n) is 6.23. The minimum Gasteiger partial charge on any atom is -0.387 e. The molecule has 150 valence electrons. The molecule has 0 saturated heterocycles. The predicted octanol–water partition coefficient (Wildman–Crippen LogP) is 3.34. The number of nitrogens with zero attached hydrogens (tertiary/aromatic N) is 3.